The molecule has 5 nitrogen and oxygen atoms in total. The van der Waals surface area contributed by atoms with Gasteiger partial charge in [-0.1, -0.05) is 12.1 Å². The molecule has 1 aliphatic heterocycles. The second kappa shape index (κ2) is 11.9. The summed E-state index contributed by atoms with van der Waals surface area (Å²) < 4.78 is 11.9. The van der Waals surface area contributed by atoms with E-state index >= 15 is 0 Å². The highest BCUT2D eigenvalue weighted by molar-refractivity contribution is 9.10. The number of benzene rings is 2. The summed E-state index contributed by atoms with van der Waals surface area (Å²) in [6.45, 7) is 5.39. The van der Waals surface area contributed by atoms with E-state index in [-0.39, 0.29) is 6.61 Å². The molecule has 1 heterocycles. The van der Waals surface area contributed by atoms with Crippen molar-refractivity contribution in [1.82, 2.24) is 4.90 Å². The zero-order chi connectivity index (χ0) is 22.2. The van der Waals surface area contributed by atoms with Crippen LogP contribution in [0, 0.1) is 5.92 Å². The third-order valence-electron chi connectivity index (χ3n) is 6.04. The van der Waals surface area contributed by atoms with Crippen LogP contribution in [0.1, 0.15) is 42.6 Å². The fraction of sp³-hybridized carbons (Fsp3) is 0.520. The van der Waals surface area contributed by atoms with Gasteiger partial charge in [0.2, 0.25) is 0 Å². The molecule has 1 aliphatic rings. The van der Waals surface area contributed by atoms with Gasteiger partial charge in [0.1, 0.15) is 18.1 Å². The molecule has 2 aromatic rings. The Labute approximate surface area is 194 Å². The number of hydrogen-bond acceptors (Lipinski definition) is 5. The van der Waals surface area contributed by atoms with Gasteiger partial charge in [-0.05, 0) is 103 Å². The first-order chi connectivity index (χ1) is 15.0. The summed E-state index contributed by atoms with van der Waals surface area (Å²) in [4.78, 5) is 2.54. The number of rotatable bonds is 10. The Hall–Kier alpha value is -1.60. The second-order valence-electron chi connectivity index (χ2n) is 8.33. The number of halogens is 1. The molecule has 6 heteroatoms. The summed E-state index contributed by atoms with van der Waals surface area (Å²) in [5.74, 6) is 2.24. The summed E-state index contributed by atoms with van der Waals surface area (Å²) in [5.41, 5.74) is 3.39. The van der Waals surface area contributed by atoms with Crippen LogP contribution < -0.4 is 9.47 Å². The van der Waals surface area contributed by atoms with Crippen LogP contribution in [0.2, 0.25) is 0 Å². The Balaban J connectivity index is 1.47. The molecule has 0 spiro atoms. The highest BCUT2D eigenvalue weighted by atomic mass is 79.9. The molecule has 1 atom stereocenters. The van der Waals surface area contributed by atoms with Crippen molar-refractivity contribution in [2.45, 2.75) is 38.7 Å². The topological polar surface area (TPSA) is 62.2 Å². The third kappa shape index (κ3) is 6.94. The summed E-state index contributed by atoms with van der Waals surface area (Å²) in [5, 5.41) is 19.0. The van der Waals surface area contributed by atoms with Gasteiger partial charge in [0.25, 0.3) is 0 Å². The van der Waals surface area contributed by atoms with Crippen molar-refractivity contribution in [2.75, 3.05) is 40.0 Å². The van der Waals surface area contributed by atoms with Crippen LogP contribution in [-0.4, -0.2) is 55.1 Å². The van der Waals surface area contributed by atoms with E-state index in [1.807, 2.05) is 12.1 Å². The highest BCUT2D eigenvalue weighted by Gasteiger charge is 2.20. The lowest BCUT2D eigenvalue weighted by molar-refractivity contribution is 0.185. The average molecular weight is 492 g/mol. The first-order valence-corrected chi connectivity index (χ1v) is 11.9. The van der Waals surface area contributed by atoms with Gasteiger partial charge < -0.3 is 24.6 Å². The molecule has 0 radical (unpaired) electrons. The van der Waals surface area contributed by atoms with E-state index in [0.29, 0.717) is 12.5 Å². The number of hydrogen-bond donors (Lipinski definition) is 2. The number of aliphatic hydroxyl groups excluding tert-OH is 2. The molecule has 0 saturated carbocycles. The summed E-state index contributed by atoms with van der Waals surface area (Å²) in [6, 6.07) is 12.4. The van der Waals surface area contributed by atoms with Crippen LogP contribution in [0.15, 0.2) is 40.9 Å². The molecule has 2 N–H and O–H groups in total. The van der Waals surface area contributed by atoms with E-state index in [4.69, 9.17) is 14.6 Å². The summed E-state index contributed by atoms with van der Waals surface area (Å²) >= 11 is 3.52. The maximum absolute atomic E-state index is 9.99. The molecule has 3 rings (SSSR count). The second-order valence-corrected chi connectivity index (χ2v) is 9.18. The molecule has 0 bridgehead atoms. The Morgan fingerprint density at radius 1 is 1.10 bits per heavy atom. The minimum atomic E-state index is -0.529. The SMILES string of the molecule is COc1ccc(CCN2CCC(Cc3ccc(Br)c(OCCO)c3)CC2)cc1C(C)O. The van der Waals surface area contributed by atoms with Crippen LogP contribution in [0.5, 0.6) is 11.5 Å². The number of aliphatic hydroxyl groups is 2. The Morgan fingerprint density at radius 2 is 1.84 bits per heavy atom. The Morgan fingerprint density at radius 3 is 2.52 bits per heavy atom. The van der Waals surface area contributed by atoms with Crippen molar-refractivity contribution >= 4 is 15.9 Å². The smallest absolute Gasteiger partial charge is 0.133 e. The van der Waals surface area contributed by atoms with Gasteiger partial charge in [-0.3, -0.25) is 0 Å². The number of ether oxygens (including phenoxy) is 2. The third-order valence-corrected chi connectivity index (χ3v) is 6.69. The lowest BCUT2D eigenvalue weighted by Gasteiger charge is -2.32. The summed E-state index contributed by atoms with van der Waals surface area (Å²) in [7, 11) is 1.64. The van der Waals surface area contributed by atoms with Gasteiger partial charge in [-0.15, -0.1) is 0 Å². The predicted molar refractivity (Wildman–Crippen MR) is 127 cm³/mol. The number of nitrogens with zero attached hydrogens (tertiary/aromatic N) is 1. The summed E-state index contributed by atoms with van der Waals surface area (Å²) in [6.07, 6.45) is 3.91. The van der Waals surface area contributed by atoms with Gasteiger partial charge in [0.05, 0.1) is 24.3 Å². The molecule has 1 unspecified atom stereocenters. The minimum Gasteiger partial charge on any atom is -0.496 e. The van der Waals surface area contributed by atoms with Crippen LogP contribution >= 0.6 is 15.9 Å². The standard InChI is InChI=1S/C25H34BrNO4/c1-18(29)22-16-19(4-6-24(22)30-2)7-10-27-11-8-20(9-12-27)15-21-3-5-23(26)25(17-21)31-14-13-28/h3-6,16-18,20,28-29H,7-15H2,1-2H3. The highest BCUT2D eigenvalue weighted by Crippen LogP contribution is 2.30. The van der Waals surface area contributed by atoms with E-state index in [0.717, 1.165) is 54.0 Å². The van der Waals surface area contributed by atoms with Crippen molar-refractivity contribution < 1.29 is 19.7 Å². The van der Waals surface area contributed by atoms with E-state index in [2.05, 4.69) is 45.1 Å². The molecule has 1 fully saturated rings. The fourth-order valence-corrected chi connectivity index (χ4v) is 4.60. The molecular formula is C25H34BrNO4. The van der Waals surface area contributed by atoms with E-state index in [1.165, 1.54) is 24.0 Å². The Kier molecular flexibility index (Phi) is 9.20. The van der Waals surface area contributed by atoms with Crippen molar-refractivity contribution in [1.29, 1.82) is 0 Å². The average Bonchev–Trinajstić information content (AvgIpc) is 2.78. The predicted octanol–water partition coefficient (Wildman–Crippen LogP) is 4.38. The minimum absolute atomic E-state index is 0.0198. The first kappa shape index (κ1) is 24.1. The van der Waals surface area contributed by atoms with Gasteiger partial charge in [0.15, 0.2) is 0 Å². The van der Waals surface area contributed by atoms with Crippen molar-refractivity contribution in [2.24, 2.45) is 5.92 Å². The van der Waals surface area contributed by atoms with Crippen molar-refractivity contribution in [3.8, 4) is 11.5 Å². The molecule has 0 aromatic heterocycles. The van der Waals surface area contributed by atoms with E-state index in [9.17, 15) is 5.11 Å². The lowest BCUT2D eigenvalue weighted by atomic mass is 9.90. The van der Waals surface area contributed by atoms with Crippen LogP contribution in [0.25, 0.3) is 0 Å². The lowest BCUT2D eigenvalue weighted by Crippen LogP contribution is -2.35. The molecule has 0 amide bonds. The van der Waals surface area contributed by atoms with Crippen LogP contribution in [0.4, 0.5) is 0 Å². The first-order valence-electron chi connectivity index (χ1n) is 11.1. The Bertz CT molecular complexity index is 834. The molecule has 2 aromatic carbocycles. The number of likely N-dealkylation sites (tertiary alicyclic amines) is 1. The number of piperidine rings is 1. The zero-order valence-electron chi connectivity index (χ0n) is 18.5. The monoisotopic (exact) mass is 491 g/mol. The molecular weight excluding hydrogens is 458 g/mol. The molecule has 31 heavy (non-hydrogen) atoms. The van der Waals surface area contributed by atoms with Crippen LogP contribution in [0.3, 0.4) is 0 Å². The quantitative estimate of drug-likeness (QED) is 0.516. The fourth-order valence-electron chi connectivity index (χ4n) is 4.24. The molecule has 170 valence electrons. The van der Waals surface area contributed by atoms with Crippen molar-refractivity contribution in [3.05, 3.63) is 57.6 Å². The number of methoxy groups -OCH3 is 1. The van der Waals surface area contributed by atoms with Crippen molar-refractivity contribution in [3.63, 3.8) is 0 Å². The van der Waals surface area contributed by atoms with Crippen LogP contribution in [-0.2, 0) is 12.8 Å². The molecule has 0 aliphatic carbocycles. The van der Waals surface area contributed by atoms with Gasteiger partial charge >= 0.3 is 0 Å². The molecule has 1 saturated heterocycles. The maximum atomic E-state index is 9.99. The normalized spacial score (nSPS) is 16.3. The van der Waals surface area contributed by atoms with E-state index in [1.54, 1.807) is 14.0 Å². The van der Waals surface area contributed by atoms with Gasteiger partial charge in [-0.2, -0.15) is 0 Å². The maximum Gasteiger partial charge on any atom is 0.133 e. The zero-order valence-corrected chi connectivity index (χ0v) is 20.1. The van der Waals surface area contributed by atoms with Gasteiger partial charge in [-0.25, -0.2) is 0 Å². The van der Waals surface area contributed by atoms with Gasteiger partial charge in [0, 0.05) is 12.1 Å². The largest absolute Gasteiger partial charge is 0.496 e. The van der Waals surface area contributed by atoms with E-state index < -0.39 is 6.10 Å².